The monoisotopic (exact) mass is 438 g/mol. The van der Waals surface area contributed by atoms with Crippen molar-refractivity contribution in [3.63, 3.8) is 0 Å². The third-order valence-electron chi connectivity index (χ3n) is 7.64. The van der Waals surface area contributed by atoms with Crippen molar-refractivity contribution in [2.24, 2.45) is 10.8 Å². The van der Waals surface area contributed by atoms with Gasteiger partial charge in [0.05, 0.1) is 18.5 Å². The number of carbonyl (C=O) groups is 1. The molecule has 4 heteroatoms. The molecular weight excluding hydrogens is 396 g/mol. The molecule has 0 atom stereocenters. The van der Waals surface area contributed by atoms with Gasteiger partial charge >= 0.3 is 6.09 Å². The second kappa shape index (κ2) is 9.80. The molecule has 1 aromatic rings. The van der Waals surface area contributed by atoms with Gasteiger partial charge in [-0.3, -0.25) is 0 Å². The highest BCUT2D eigenvalue weighted by Gasteiger charge is 2.28. The number of aryl methyl sites for hydroxylation is 1. The first-order chi connectivity index (χ1) is 15.0. The van der Waals surface area contributed by atoms with E-state index in [1.807, 2.05) is 12.1 Å². The van der Waals surface area contributed by atoms with Crippen LogP contribution in [0.1, 0.15) is 104 Å². The molecule has 0 amide bonds. The molecule has 1 aromatic heterocycles. The maximum Gasteiger partial charge on any atom is 0.434 e. The first kappa shape index (κ1) is 24.5. The van der Waals surface area contributed by atoms with E-state index in [0.717, 1.165) is 37.1 Å². The average molecular weight is 439 g/mol. The zero-order chi connectivity index (χ0) is 23.5. The molecular formula is C28H42N2O2. The molecule has 4 nitrogen and oxygen atoms in total. The van der Waals surface area contributed by atoms with Crippen LogP contribution in [0.5, 0.6) is 0 Å². The quantitative estimate of drug-likeness (QED) is 0.424. The van der Waals surface area contributed by atoms with Crippen LogP contribution in [0.4, 0.5) is 4.79 Å². The fourth-order valence-corrected chi connectivity index (χ4v) is 5.77. The lowest BCUT2D eigenvalue weighted by Gasteiger charge is -2.34. The van der Waals surface area contributed by atoms with E-state index < -0.39 is 6.09 Å². The summed E-state index contributed by atoms with van der Waals surface area (Å²) in [6.45, 7) is 13.9. The summed E-state index contributed by atoms with van der Waals surface area (Å²) in [6.07, 6.45) is 14.2. The number of hydrogen-bond donors (Lipinski definition) is 0. The lowest BCUT2D eigenvalue weighted by atomic mass is 9.71. The van der Waals surface area contributed by atoms with Crippen LogP contribution in [0.3, 0.4) is 0 Å². The Kier molecular flexibility index (Phi) is 7.52. The van der Waals surface area contributed by atoms with Gasteiger partial charge in [0.25, 0.3) is 0 Å². The molecule has 1 heterocycles. The van der Waals surface area contributed by atoms with Gasteiger partial charge in [-0.1, -0.05) is 50.5 Å². The summed E-state index contributed by atoms with van der Waals surface area (Å²) in [7, 11) is 1.41. The molecule has 0 spiro atoms. The van der Waals surface area contributed by atoms with Crippen LogP contribution in [0.2, 0.25) is 0 Å². The van der Waals surface area contributed by atoms with Crippen LogP contribution < -0.4 is 0 Å². The Hall–Kier alpha value is -2.10. The van der Waals surface area contributed by atoms with Gasteiger partial charge in [0.1, 0.15) is 0 Å². The van der Waals surface area contributed by atoms with Crippen LogP contribution >= 0.6 is 0 Å². The molecule has 2 aliphatic carbocycles. The summed E-state index contributed by atoms with van der Waals surface area (Å²) >= 11 is 0. The van der Waals surface area contributed by atoms with E-state index in [1.54, 1.807) is 11.1 Å². The molecule has 0 unspecified atom stereocenters. The van der Waals surface area contributed by atoms with E-state index in [1.165, 1.54) is 55.0 Å². The Morgan fingerprint density at radius 2 is 1.69 bits per heavy atom. The average Bonchev–Trinajstić information content (AvgIpc) is 3.11. The van der Waals surface area contributed by atoms with E-state index in [9.17, 15) is 4.79 Å². The van der Waals surface area contributed by atoms with Gasteiger partial charge in [-0.05, 0) is 100 Å². The third-order valence-corrected chi connectivity index (χ3v) is 7.64. The van der Waals surface area contributed by atoms with Crippen molar-refractivity contribution < 1.29 is 9.53 Å². The van der Waals surface area contributed by atoms with Crippen LogP contribution in [0.25, 0.3) is 6.08 Å². The first-order valence-corrected chi connectivity index (χ1v) is 12.3. The minimum absolute atomic E-state index is 0.163. The van der Waals surface area contributed by atoms with Gasteiger partial charge in [-0.15, -0.1) is 0 Å². The number of allylic oxidation sites excluding steroid dienone is 5. The summed E-state index contributed by atoms with van der Waals surface area (Å²) in [5.74, 6) is 0. The highest BCUT2D eigenvalue weighted by molar-refractivity contribution is 5.73. The predicted molar refractivity (Wildman–Crippen MR) is 133 cm³/mol. The minimum Gasteiger partial charge on any atom is -0.451 e. The molecule has 0 fully saturated rings. The third kappa shape index (κ3) is 5.44. The second-order valence-electron chi connectivity index (χ2n) is 11.1. The number of aromatic nitrogens is 2. The SMILES string of the molecule is COC(=O)n1nc(CCCC2=C(C)CCCC2(C)C)cc1/C=C/C1=C(C)CCCC1(C)C. The van der Waals surface area contributed by atoms with Gasteiger partial charge < -0.3 is 4.74 Å². The van der Waals surface area contributed by atoms with Gasteiger partial charge in [-0.2, -0.15) is 9.78 Å². The zero-order valence-electron chi connectivity index (χ0n) is 21.3. The molecule has 32 heavy (non-hydrogen) atoms. The second-order valence-corrected chi connectivity index (χ2v) is 11.1. The Morgan fingerprint density at radius 3 is 2.31 bits per heavy atom. The van der Waals surface area contributed by atoms with Crippen molar-refractivity contribution in [3.8, 4) is 0 Å². The van der Waals surface area contributed by atoms with Crippen molar-refractivity contribution in [2.45, 2.75) is 99.3 Å². The Balaban J connectivity index is 1.77. The number of ether oxygens (including phenoxy) is 1. The lowest BCUT2D eigenvalue weighted by molar-refractivity contribution is 0.169. The minimum atomic E-state index is -0.434. The molecule has 0 aromatic carbocycles. The number of carbonyl (C=O) groups excluding carboxylic acids is 1. The molecule has 3 rings (SSSR count). The fourth-order valence-electron chi connectivity index (χ4n) is 5.77. The largest absolute Gasteiger partial charge is 0.451 e. The first-order valence-electron chi connectivity index (χ1n) is 12.3. The standard InChI is InChI=1S/C28H42N2O2/c1-20-11-9-17-27(3,4)24(20)14-8-13-22-19-23(30(29-22)26(31)32-7)15-16-25-21(2)12-10-18-28(25,5)6/h15-16,19H,8-14,17-18H2,1-7H3/b16-15+. The maximum absolute atomic E-state index is 12.4. The Labute approximate surface area is 194 Å². The van der Waals surface area contributed by atoms with Gasteiger partial charge in [0.2, 0.25) is 0 Å². The number of hydrogen-bond acceptors (Lipinski definition) is 3. The Bertz CT molecular complexity index is 941. The smallest absolute Gasteiger partial charge is 0.434 e. The van der Waals surface area contributed by atoms with Crippen molar-refractivity contribution in [3.05, 3.63) is 45.8 Å². The van der Waals surface area contributed by atoms with Crippen molar-refractivity contribution in [1.82, 2.24) is 9.78 Å². The molecule has 176 valence electrons. The van der Waals surface area contributed by atoms with Gasteiger partial charge in [0, 0.05) is 0 Å². The molecule has 0 bridgehead atoms. The summed E-state index contributed by atoms with van der Waals surface area (Å²) < 4.78 is 6.40. The van der Waals surface area contributed by atoms with Crippen LogP contribution in [0, 0.1) is 10.8 Å². The van der Waals surface area contributed by atoms with Crippen LogP contribution in [0.15, 0.2) is 34.4 Å². The van der Waals surface area contributed by atoms with Crippen LogP contribution in [-0.4, -0.2) is 23.0 Å². The molecule has 0 aliphatic heterocycles. The van der Waals surface area contributed by atoms with E-state index in [-0.39, 0.29) is 5.41 Å². The highest BCUT2D eigenvalue weighted by Crippen LogP contribution is 2.43. The molecule has 0 saturated heterocycles. The zero-order valence-corrected chi connectivity index (χ0v) is 21.3. The summed E-state index contributed by atoms with van der Waals surface area (Å²) in [5.41, 5.74) is 8.24. The van der Waals surface area contributed by atoms with E-state index >= 15 is 0 Å². The number of rotatable bonds is 6. The predicted octanol–water partition coefficient (Wildman–Crippen LogP) is 7.89. The van der Waals surface area contributed by atoms with E-state index in [0.29, 0.717) is 5.41 Å². The summed E-state index contributed by atoms with van der Waals surface area (Å²) in [5, 5.41) is 4.60. The molecule has 0 N–H and O–H groups in total. The van der Waals surface area contributed by atoms with Crippen molar-refractivity contribution in [2.75, 3.05) is 7.11 Å². The van der Waals surface area contributed by atoms with E-state index in [4.69, 9.17) is 4.74 Å². The van der Waals surface area contributed by atoms with Gasteiger partial charge in [-0.25, -0.2) is 4.79 Å². The summed E-state index contributed by atoms with van der Waals surface area (Å²) in [6, 6.07) is 2.05. The summed E-state index contributed by atoms with van der Waals surface area (Å²) in [4.78, 5) is 12.4. The topological polar surface area (TPSA) is 44.1 Å². The van der Waals surface area contributed by atoms with Crippen molar-refractivity contribution in [1.29, 1.82) is 0 Å². The fraction of sp³-hybridized carbons (Fsp3) is 0.643. The highest BCUT2D eigenvalue weighted by atomic mass is 16.5. The van der Waals surface area contributed by atoms with Crippen LogP contribution in [-0.2, 0) is 11.2 Å². The van der Waals surface area contributed by atoms with E-state index in [2.05, 4.69) is 52.7 Å². The Morgan fingerprint density at radius 1 is 1.03 bits per heavy atom. The number of methoxy groups -OCH3 is 1. The normalized spacial score (nSPS) is 20.8. The lowest BCUT2D eigenvalue weighted by Crippen LogP contribution is -2.20. The maximum atomic E-state index is 12.4. The molecule has 2 aliphatic rings. The molecule has 0 saturated carbocycles. The van der Waals surface area contributed by atoms with Crippen molar-refractivity contribution >= 4 is 12.2 Å². The molecule has 0 radical (unpaired) electrons. The number of nitrogens with zero attached hydrogens (tertiary/aromatic N) is 2. The van der Waals surface area contributed by atoms with Gasteiger partial charge in [0.15, 0.2) is 0 Å².